The number of hydrogen-bond acceptors (Lipinski definition) is 3. The molecule has 1 aromatic carbocycles. The van der Waals surface area contributed by atoms with Gasteiger partial charge in [-0.1, -0.05) is 12.1 Å². The maximum Gasteiger partial charge on any atom is 0.248 e. The first-order chi connectivity index (χ1) is 8.15. The summed E-state index contributed by atoms with van der Waals surface area (Å²) in [5.74, 6) is -0.368. The van der Waals surface area contributed by atoms with Gasteiger partial charge < -0.3 is 11.1 Å². The molecular weight excluding hydrogens is 250 g/mol. The van der Waals surface area contributed by atoms with E-state index in [1.807, 2.05) is 12.1 Å². The third-order valence-corrected chi connectivity index (χ3v) is 3.10. The van der Waals surface area contributed by atoms with Crippen molar-refractivity contribution >= 4 is 18.3 Å². The lowest BCUT2D eigenvalue weighted by Crippen LogP contribution is -2.48. The van der Waals surface area contributed by atoms with E-state index in [1.165, 1.54) is 5.56 Å². The lowest BCUT2D eigenvalue weighted by atomic mass is 10.1. The van der Waals surface area contributed by atoms with Gasteiger partial charge in [-0.15, -0.1) is 12.4 Å². The quantitative estimate of drug-likeness (QED) is 0.861. The Kier molecular flexibility index (Phi) is 5.59. The molecule has 0 radical (unpaired) electrons. The molecule has 1 aromatic rings. The molecule has 4 nitrogen and oxygen atoms in total. The van der Waals surface area contributed by atoms with E-state index in [0.29, 0.717) is 11.6 Å². The first-order valence-corrected chi connectivity index (χ1v) is 5.99. The second kappa shape index (κ2) is 6.73. The summed E-state index contributed by atoms with van der Waals surface area (Å²) in [6, 6.07) is 8.10. The number of hydrogen-bond donors (Lipinski definition) is 2. The monoisotopic (exact) mass is 269 g/mol. The Labute approximate surface area is 114 Å². The van der Waals surface area contributed by atoms with Gasteiger partial charge in [-0.2, -0.15) is 0 Å². The molecule has 1 unspecified atom stereocenters. The van der Waals surface area contributed by atoms with E-state index in [-0.39, 0.29) is 18.3 Å². The highest BCUT2D eigenvalue weighted by molar-refractivity contribution is 5.92. The lowest BCUT2D eigenvalue weighted by Gasteiger charge is -2.31. The number of benzene rings is 1. The van der Waals surface area contributed by atoms with Gasteiger partial charge in [0.25, 0.3) is 0 Å². The summed E-state index contributed by atoms with van der Waals surface area (Å²) in [6.07, 6.45) is 0. The van der Waals surface area contributed by atoms with Crippen molar-refractivity contribution in [2.75, 3.05) is 19.6 Å². The third-order valence-electron chi connectivity index (χ3n) is 3.10. The number of carbonyl (C=O) groups is 1. The number of nitrogens with zero attached hydrogens (tertiary/aromatic N) is 1. The van der Waals surface area contributed by atoms with E-state index >= 15 is 0 Å². The lowest BCUT2D eigenvalue weighted by molar-refractivity contribution is 0.100. The van der Waals surface area contributed by atoms with Crippen LogP contribution in [0, 0.1) is 0 Å². The van der Waals surface area contributed by atoms with Gasteiger partial charge in [-0.3, -0.25) is 9.69 Å². The molecule has 18 heavy (non-hydrogen) atoms. The average molecular weight is 270 g/mol. The van der Waals surface area contributed by atoms with Crippen LogP contribution in [-0.2, 0) is 6.54 Å². The Bertz CT molecular complexity index is 394. The van der Waals surface area contributed by atoms with Gasteiger partial charge in [0.15, 0.2) is 0 Å². The molecule has 0 spiro atoms. The Balaban J connectivity index is 0.00000162. The molecule has 1 saturated heterocycles. The van der Waals surface area contributed by atoms with Crippen LogP contribution < -0.4 is 11.1 Å². The van der Waals surface area contributed by atoms with E-state index < -0.39 is 0 Å². The van der Waals surface area contributed by atoms with Gasteiger partial charge in [0.1, 0.15) is 0 Å². The molecule has 1 atom stereocenters. The number of rotatable bonds is 3. The van der Waals surface area contributed by atoms with E-state index in [1.54, 1.807) is 12.1 Å². The average Bonchev–Trinajstić information content (AvgIpc) is 2.29. The van der Waals surface area contributed by atoms with E-state index in [0.717, 1.165) is 26.2 Å². The Hall–Kier alpha value is -1.10. The smallest absolute Gasteiger partial charge is 0.248 e. The van der Waals surface area contributed by atoms with Crippen LogP contribution in [0.4, 0.5) is 0 Å². The summed E-state index contributed by atoms with van der Waals surface area (Å²) in [5, 5.41) is 3.42. The summed E-state index contributed by atoms with van der Waals surface area (Å²) in [5.41, 5.74) is 7.01. The molecular formula is C13H20ClN3O. The van der Waals surface area contributed by atoms with Crippen molar-refractivity contribution in [1.29, 1.82) is 0 Å². The van der Waals surface area contributed by atoms with Gasteiger partial charge >= 0.3 is 0 Å². The summed E-state index contributed by atoms with van der Waals surface area (Å²) in [4.78, 5) is 13.4. The first kappa shape index (κ1) is 15.0. The Morgan fingerprint density at radius 3 is 2.67 bits per heavy atom. The van der Waals surface area contributed by atoms with Crippen LogP contribution in [0.15, 0.2) is 24.3 Å². The zero-order chi connectivity index (χ0) is 12.3. The number of primary amides is 1. The maximum atomic E-state index is 10.9. The van der Waals surface area contributed by atoms with E-state index in [9.17, 15) is 4.79 Å². The number of nitrogens with two attached hydrogens (primary N) is 1. The Morgan fingerprint density at radius 2 is 2.11 bits per heavy atom. The zero-order valence-corrected chi connectivity index (χ0v) is 11.4. The van der Waals surface area contributed by atoms with Crippen molar-refractivity contribution < 1.29 is 4.79 Å². The highest BCUT2D eigenvalue weighted by Crippen LogP contribution is 2.09. The SMILES string of the molecule is CC1CN(Cc2ccc(C(N)=O)cc2)CCN1.Cl. The van der Waals surface area contributed by atoms with E-state index in [2.05, 4.69) is 17.1 Å². The molecule has 0 aromatic heterocycles. The normalized spacial score (nSPS) is 20.2. The molecule has 1 fully saturated rings. The second-order valence-electron chi connectivity index (χ2n) is 4.65. The van der Waals surface area contributed by atoms with Crippen LogP contribution in [0.25, 0.3) is 0 Å². The zero-order valence-electron chi connectivity index (χ0n) is 10.6. The van der Waals surface area contributed by atoms with Crippen LogP contribution >= 0.6 is 12.4 Å². The van der Waals surface area contributed by atoms with Crippen molar-refractivity contribution in [2.45, 2.75) is 19.5 Å². The topological polar surface area (TPSA) is 58.4 Å². The summed E-state index contributed by atoms with van der Waals surface area (Å²) >= 11 is 0. The summed E-state index contributed by atoms with van der Waals surface area (Å²) in [6.45, 7) is 6.31. The van der Waals surface area contributed by atoms with Gasteiger partial charge in [-0.05, 0) is 24.6 Å². The van der Waals surface area contributed by atoms with Crippen LogP contribution in [-0.4, -0.2) is 36.5 Å². The highest BCUT2D eigenvalue weighted by Gasteiger charge is 2.15. The fourth-order valence-corrected chi connectivity index (χ4v) is 2.19. The van der Waals surface area contributed by atoms with Gasteiger partial charge in [0.2, 0.25) is 5.91 Å². The van der Waals surface area contributed by atoms with Gasteiger partial charge in [0, 0.05) is 37.8 Å². The number of halogens is 1. The molecule has 5 heteroatoms. The predicted molar refractivity (Wildman–Crippen MR) is 74.9 cm³/mol. The molecule has 0 bridgehead atoms. The largest absolute Gasteiger partial charge is 0.366 e. The van der Waals surface area contributed by atoms with Crippen molar-refractivity contribution in [3.05, 3.63) is 35.4 Å². The minimum atomic E-state index is -0.368. The molecule has 1 amide bonds. The number of nitrogens with one attached hydrogen (secondary N) is 1. The van der Waals surface area contributed by atoms with Crippen molar-refractivity contribution in [2.24, 2.45) is 5.73 Å². The van der Waals surface area contributed by atoms with Gasteiger partial charge in [0.05, 0.1) is 0 Å². The van der Waals surface area contributed by atoms with Crippen LogP contribution in [0.2, 0.25) is 0 Å². The Morgan fingerprint density at radius 1 is 1.44 bits per heavy atom. The first-order valence-electron chi connectivity index (χ1n) is 5.99. The van der Waals surface area contributed by atoms with Crippen LogP contribution in [0.3, 0.4) is 0 Å². The maximum absolute atomic E-state index is 10.9. The molecule has 2 rings (SSSR count). The minimum absolute atomic E-state index is 0. The number of amides is 1. The number of piperazine rings is 1. The van der Waals surface area contributed by atoms with Gasteiger partial charge in [-0.25, -0.2) is 0 Å². The minimum Gasteiger partial charge on any atom is -0.366 e. The van der Waals surface area contributed by atoms with Crippen LogP contribution in [0.1, 0.15) is 22.8 Å². The van der Waals surface area contributed by atoms with Crippen molar-refractivity contribution in [3.63, 3.8) is 0 Å². The number of carbonyl (C=O) groups excluding carboxylic acids is 1. The molecule has 3 N–H and O–H groups in total. The fourth-order valence-electron chi connectivity index (χ4n) is 2.19. The molecule has 1 aliphatic heterocycles. The molecule has 0 aliphatic carbocycles. The molecule has 1 aliphatic rings. The summed E-state index contributed by atoms with van der Waals surface area (Å²) < 4.78 is 0. The standard InChI is InChI=1S/C13H19N3O.ClH/c1-10-8-16(7-6-15-10)9-11-2-4-12(5-3-11)13(14)17;/h2-5,10,15H,6-9H2,1H3,(H2,14,17);1H. The summed E-state index contributed by atoms with van der Waals surface area (Å²) in [7, 11) is 0. The fraction of sp³-hybridized carbons (Fsp3) is 0.462. The van der Waals surface area contributed by atoms with E-state index in [4.69, 9.17) is 5.73 Å². The molecule has 100 valence electrons. The highest BCUT2D eigenvalue weighted by atomic mass is 35.5. The molecule has 1 heterocycles. The van der Waals surface area contributed by atoms with Crippen molar-refractivity contribution in [3.8, 4) is 0 Å². The van der Waals surface area contributed by atoms with Crippen molar-refractivity contribution in [1.82, 2.24) is 10.2 Å². The molecule has 0 saturated carbocycles. The van der Waals surface area contributed by atoms with Crippen LogP contribution in [0.5, 0.6) is 0 Å². The third kappa shape index (κ3) is 3.98. The second-order valence-corrected chi connectivity index (χ2v) is 4.65. The predicted octanol–water partition coefficient (Wildman–Crippen LogP) is 1.00.